The van der Waals surface area contributed by atoms with Crippen LogP contribution in [0.1, 0.15) is 12.8 Å². The van der Waals surface area contributed by atoms with Gasteiger partial charge in [-0.3, -0.25) is 9.36 Å². The van der Waals surface area contributed by atoms with Crippen molar-refractivity contribution in [2.75, 3.05) is 18.5 Å². The van der Waals surface area contributed by atoms with Gasteiger partial charge in [-0.2, -0.15) is 0 Å². The summed E-state index contributed by atoms with van der Waals surface area (Å²) in [5.74, 6) is 1.30. The van der Waals surface area contributed by atoms with Crippen LogP contribution < -0.4 is 11.1 Å². The van der Waals surface area contributed by atoms with E-state index in [2.05, 4.69) is 15.5 Å². The second kappa shape index (κ2) is 5.59. The minimum Gasteiger partial charge on any atom is -0.368 e. The summed E-state index contributed by atoms with van der Waals surface area (Å²) in [6.45, 7) is 0. The SMILES string of the molecule is CNC(=O)CCCSc1nnc(N)n1C. The Bertz CT molecular complexity index is 338. The zero-order chi connectivity index (χ0) is 11.3. The predicted molar refractivity (Wildman–Crippen MR) is 59.4 cm³/mol. The van der Waals surface area contributed by atoms with Crippen molar-refractivity contribution in [3.8, 4) is 0 Å². The van der Waals surface area contributed by atoms with Crippen molar-refractivity contribution in [1.29, 1.82) is 0 Å². The molecule has 0 atom stereocenters. The van der Waals surface area contributed by atoms with E-state index in [0.717, 1.165) is 17.3 Å². The third-order valence-corrected chi connectivity index (χ3v) is 3.03. The highest BCUT2D eigenvalue weighted by Gasteiger charge is 2.05. The van der Waals surface area contributed by atoms with E-state index in [4.69, 9.17) is 5.73 Å². The van der Waals surface area contributed by atoms with Gasteiger partial charge in [0.05, 0.1) is 0 Å². The second-order valence-electron chi connectivity index (χ2n) is 3.02. The number of carbonyl (C=O) groups is 1. The Balaban J connectivity index is 2.26. The molecule has 7 heteroatoms. The molecule has 0 radical (unpaired) electrons. The predicted octanol–water partition coefficient (Wildman–Crippen LogP) is 0.0156. The highest BCUT2D eigenvalue weighted by Crippen LogP contribution is 2.17. The van der Waals surface area contributed by atoms with Gasteiger partial charge in [0.2, 0.25) is 11.9 Å². The molecule has 1 amide bonds. The zero-order valence-electron chi connectivity index (χ0n) is 8.86. The van der Waals surface area contributed by atoms with Gasteiger partial charge in [-0.1, -0.05) is 11.8 Å². The number of carbonyl (C=O) groups excluding carboxylic acids is 1. The van der Waals surface area contributed by atoms with Crippen molar-refractivity contribution in [2.24, 2.45) is 7.05 Å². The number of thioether (sulfide) groups is 1. The molecule has 0 spiro atoms. The van der Waals surface area contributed by atoms with Crippen LogP contribution in [0.25, 0.3) is 0 Å². The van der Waals surface area contributed by atoms with E-state index >= 15 is 0 Å². The molecule has 0 aliphatic carbocycles. The molecule has 0 bridgehead atoms. The Morgan fingerprint density at radius 3 is 2.87 bits per heavy atom. The van der Waals surface area contributed by atoms with Crippen LogP contribution in [0.15, 0.2) is 5.16 Å². The first-order valence-electron chi connectivity index (χ1n) is 4.63. The molecular formula is C8H15N5OS. The second-order valence-corrected chi connectivity index (χ2v) is 4.09. The van der Waals surface area contributed by atoms with Gasteiger partial charge in [-0.15, -0.1) is 10.2 Å². The molecule has 1 rings (SSSR count). The molecule has 1 aromatic rings. The Labute approximate surface area is 92.6 Å². The standard InChI is InChI=1S/C8H15N5OS/c1-10-6(14)4-3-5-15-8-12-11-7(9)13(8)2/h3-5H2,1-2H3,(H2,9,11)(H,10,14). The van der Waals surface area contributed by atoms with Crippen molar-refractivity contribution >= 4 is 23.6 Å². The molecule has 6 nitrogen and oxygen atoms in total. The van der Waals surface area contributed by atoms with Crippen LogP contribution in [-0.2, 0) is 11.8 Å². The number of nitrogens with one attached hydrogen (secondary N) is 1. The first-order valence-corrected chi connectivity index (χ1v) is 5.62. The molecule has 15 heavy (non-hydrogen) atoms. The lowest BCUT2D eigenvalue weighted by molar-refractivity contribution is -0.120. The maximum absolute atomic E-state index is 10.9. The van der Waals surface area contributed by atoms with E-state index in [9.17, 15) is 4.79 Å². The molecule has 0 saturated carbocycles. The Hall–Kier alpha value is -1.24. The van der Waals surface area contributed by atoms with E-state index < -0.39 is 0 Å². The highest BCUT2D eigenvalue weighted by atomic mass is 32.2. The average Bonchev–Trinajstić information content (AvgIpc) is 2.55. The van der Waals surface area contributed by atoms with Gasteiger partial charge in [-0.25, -0.2) is 0 Å². The molecule has 0 aliphatic heterocycles. The van der Waals surface area contributed by atoms with Crippen LogP contribution in [0.4, 0.5) is 5.95 Å². The fourth-order valence-electron chi connectivity index (χ4n) is 0.973. The monoisotopic (exact) mass is 229 g/mol. The summed E-state index contributed by atoms with van der Waals surface area (Å²) in [6.07, 6.45) is 1.36. The number of hydrogen-bond acceptors (Lipinski definition) is 5. The van der Waals surface area contributed by atoms with E-state index in [-0.39, 0.29) is 5.91 Å². The van der Waals surface area contributed by atoms with Crippen molar-refractivity contribution in [2.45, 2.75) is 18.0 Å². The normalized spacial score (nSPS) is 10.3. The Kier molecular flexibility index (Phi) is 4.41. The van der Waals surface area contributed by atoms with Gasteiger partial charge >= 0.3 is 0 Å². The van der Waals surface area contributed by atoms with Crippen molar-refractivity contribution in [3.05, 3.63) is 0 Å². The Morgan fingerprint density at radius 2 is 2.33 bits per heavy atom. The van der Waals surface area contributed by atoms with Gasteiger partial charge in [0.15, 0.2) is 5.16 Å². The van der Waals surface area contributed by atoms with Gasteiger partial charge in [0, 0.05) is 26.3 Å². The molecule has 84 valence electrons. The number of nitrogens with zero attached hydrogens (tertiary/aromatic N) is 3. The minimum atomic E-state index is 0.0630. The van der Waals surface area contributed by atoms with Crippen molar-refractivity contribution in [1.82, 2.24) is 20.1 Å². The third kappa shape index (κ3) is 3.43. The summed E-state index contributed by atoms with van der Waals surface area (Å²) >= 11 is 1.55. The molecule has 0 saturated heterocycles. The minimum absolute atomic E-state index is 0.0630. The number of aromatic nitrogens is 3. The lowest BCUT2D eigenvalue weighted by Crippen LogP contribution is -2.17. The smallest absolute Gasteiger partial charge is 0.222 e. The van der Waals surface area contributed by atoms with Crippen molar-refractivity contribution in [3.63, 3.8) is 0 Å². The van der Waals surface area contributed by atoms with Crippen LogP contribution in [0, 0.1) is 0 Å². The lowest BCUT2D eigenvalue weighted by atomic mass is 10.3. The number of amides is 1. The fourth-order valence-corrected chi connectivity index (χ4v) is 1.83. The van der Waals surface area contributed by atoms with Crippen LogP contribution in [0.5, 0.6) is 0 Å². The van der Waals surface area contributed by atoms with Gasteiger partial charge < -0.3 is 11.1 Å². The number of hydrogen-bond donors (Lipinski definition) is 2. The Morgan fingerprint density at radius 1 is 1.60 bits per heavy atom. The summed E-state index contributed by atoms with van der Waals surface area (Å²) in [6, 6.07) is 0. The van der Waals surface area contributed by atoms with Crippen LogP contribution in [-0.4, -0.2) is 33.5 Å². The van der Waals surface area contributed by atoms with Crippen LogP contribution in [0.3, 0.4) is 0 Å². The fraction of sp³-hybridized carbons (Fsp3) is 0.625. The van der Waals surface area contributed by atoms with E-state index in [0.29, 0.717) is 12.4 Å². The first kappa shape index (κ1) is 11.8. The summed E-state index contributed by atoms with van der Waals surface area (Å²) in [4.78, 5) is 10.9. The first-order chi connectivity index (χ1) is 7.15. The number of nitrogen functional groups attached to an aromatic ring is 1. The summed E-state index contributed by atoms with van der Waals surface area (Å²) < 4.78 is 1.73. The maximum atomic E-state index is 10.9. The van der Waals surface area contributed by atoms with Gasteiger partial charge in [0.25, 0.3) is 0 Å². The topological polar surface area (TPSA) is 85.8 Å². The molecule has 0 unspecified atom stereocenters. The van der Waals surface area contributed by atoms with E-state index in [1.165, 1.54) is 0 Å². The van der Waals surface area contributed by atoms with Crippen LogP contribution >= 0.6 is 11.8 Å². The molecule has 1 heterocycles. The molecule has 0 aliphatic rings. The van der Waals surface area contributed by atoms with Crippen LogP contribution in [0.2, 0.25) is 0 Å². The molecule has 0 fully saturated rings. The average molecular weight is 229 g/mol. The zero-order valence-corrected chi connectivity index (χ0v) is 9.67. The summed E-state index contributed by atoms with van der Waals surface area (Å²) in [5, 5.41) is 11.0. The van der Waals surface area contributed by atoms with E-state index in [1.807, 2.05) is 7.05 Å². The maximum Gasteiger partial charge on any atom is 0.222 e. The van der Waals surface area contributed by atoms with Gasteiger partial charge in [-0.05, 0) is 6.42 Å². The lowest BCUT2D eigenvalue weighted by Gasteiger charge is -2.01. The highest BCUT2D eigenvalue weighted by molar-refractivity contribution is 7.99. The number of nitrogens with two attached hydrogens (primary N) is 1. The van der Waals surface area contributed by atoms with E-state index in [1.54, 1.807) is 23.4 Å². The number of rotatable bonds is 5. The molecule has 3 N–H and O–H groups in total. The molecular weight excluding hydrogens is 214 g/mol. The third-order valence-electron chi connectivity index (χ3n) is 1.93. The summed E-state index contributed by atoms with van der Waals surface area (Å²) in [7, 11) is 3.45. The molecule has 1 aromatic heterocycles. The van der Waals surface area contributed by atoms with Gasteiger partial charge in [0.1, 0.15) is 0 Å². The van der Waals surface area contributed by atoms with Crippen molar-refractivity contribution < 1.29 is 4.79 Å². The summed E-state index contributed by atoms with van der Waals surface area (Å²) in [5.41, 5.74) is 5.53. The largest absolute Gasteiger partial charge is 0.368 e. The quantitative estimate of drug-likeness (QED) is 0.549. The number of anilines is 1. The molecule has 0 aromatic carbocycles.